The molecule has 1 aromatic carbocycles. The summed E-state index contributed by atoms with van der Waals surface area (Å²) in [6, 6.07) is 7.97. The van der Waals surface area contributed by atoms with E-state index in [1.807, 2.05) is 18.2 Å². The van der Waals surface area contributed by atoms with Crippen LogP contribution in [-0.2, 0) is 5.41 Å². The summed E-state index contributed by atoms with van der Waals surface area (Å²) in [7, 11) is 0. The summed E-state index contributed by atoms with van der Waals surface area (Å²) in [5.41, 5.74) is 3.38. The quantitative estimate of drug-likeness (QED) is 0.512. The van der Waals surface area contributed by atoms with Gasteiger partial charge in [-0.15, -0.1) is 0 Å². The van der Waals surface area contributed by atoms with Gasteiger partial charge in [-0.25, -0.2) is 18.7 Å². The normalized spacial score (nSPS) is 12.2. The lowest BCUT2D eigenvalue weighted by Gasteiger charge is -2.17. The second-order valence-corrected chi connectivity index (χ2v) is 7.03. The minimum absolute atomic E-state index is 0.0229. The fraction of sp³-hybridized carbons (Fsp3) is 0.211. The van der Waals surface area contributed by atoms with Crippen molar-refractivity contribution in [3.63, 3.8) is 0 Å². The zero-order valence-corrected chi connectivity index (χ0v) is 14.1. The molecule has 0 aliphatic rings. The van der Waals surface area contributed by atoms with E-state index in [1.165, 1.54) is 0 Å². The van der Waals surface area contributed by atoms with Crippen molar-refractivity contribution >= 4 is 16.8 Å². The lowest BCUT2D eigenvalue weighted by Crippen LogP contribution is -2.12. The standard InChI is InChI=1S/C19H16F2N4/c1-19(2,3)17-5-4-11(10-22-17)14-6-7-25-16-9-13(21)12(20)8-15(16)24-18(25)23-14/h4-10H,1-3H3. The van der Waals surface area contributed by atoms with Crippen molar-refractivity contribution in [3.8, 4) is 11.3 Å². The molecule has 4 rings (SSSR count). The summed E-state index contributed by atoms with van der Waals surface area (Å²) in [5, 5.41) is 0. The van der Waals surface area contributed by atoms with Crippen LogP contribution in [0.2, 0.25) is 0 Å². The Kier molecular flexibility index (Phi) is 3.32. The van der Waals surface area contributed by atoms with E-state index in [0.717, 1.165) is 23.4 Å². The molecule has 0 spiro atoms. The predicted molar refractivity (Wildman–Crippen MR) is 92.3 cm³/mol. The van der Waals surface area contributed by atoms with Gasteiger partial charge in [0.2, 0.25) is 5.78 Å². The summed E-state index contributed by atoms with van der Waals surface area (Å²) < 4.78 is 28.5. The van der Waals surface area contributed by atoms with E-state index in [1.54, 1.807) is 16.8 Å². The van der Waals surface area contributed by atoms with Crippen molar-refractivity contribution in [2.45, 2.75) is 26.2 Å². The van der Waals surface area contributed by atoms with Crippen molar-refractivity contribution in [3.05, 3.63) is 60.1 Å². The molecule has 3 heterocycles. The van der Waals surface area contributed by atoms with Crippen molar-refractivity contribution in [2.75, 3.05) is 0 Å². The lowest BCUT2D eigenvalue weighted by atomic mass is 9.91. The first-order valence-corrected chi connectivity index (χ1v) is 7.94. The Bertz CT molecular complexity index is 1090. The largest absolute Gasteiger partial charge is 0.284 e. The van der Waals surface area contributed by atoms with E-state index in [-0.39, 0.29) is 5.41 Å². The Morgan fingerprint density at radius 2 is 1.72 bits per heavy atom. The van der Waals surface area contributed by atoms with Crippen molar-refractivity contribution in [1.29, 1.82) is 0 Å². The van der Waals surface area contributed by atoms with Gasteiger partial charge in [0.25, 0.3) is 0 Å². The van der Waals surface area contributed by atoms with Crippen LogP contribution < -0.4 is 0 Å². The Hall–Kier alpha value is -2.89. The smallest absolute Gasteiger partial charge is 0.235 e. The molecule has 0 fully saturated rings. The number of hydrogen-bond donors (Lipinski definition) is 0. The maximum absolute atomic E-state index is 13.5. The molecule has 0 saturated carbocycles. The highest BCUT2D eigenvalue weighted by Gasteiger charge is 2.16. The number of imidazole rings is 1. The molecule has 0 unspecified atom stereocenters. The summed E-state index contributed by atoms with van der Waals surface area (Å²) in [4.78, 5) is 13.3. The zero-order chi connectivity index (χ0) is 17.8. The van der Waals surface area contributed by atoms with Crippen LogP contribution in [0.1, 0.15) is 26.5 Å². The first-order chi connectivity index (χ1) is 11.8. The summed E-state index contributed by atoms with van der Waals surface area (Å²) >= 11 is 0. The predicted octanol–water partition coefficient (Wildman–Crippen LogP) is 4.52. The average Bonchev–Trinajstić information content (AvgIpc) is 2.91. The number of halogens is 2. The number of benzene rings is 1. The molecular formula is C19H16F2N4. The summed E-state index contributed by atoms with van der Waals surface area (Å²) in [6.07, 6.45) is 3.53. The van der Waals surface area contributed by atoms with E-state index < -0.39 is 11.6 Å². The molecule has 0 radical (unpaired) electrons. The van der Waals surface area contributed by atoms with Crippen LogP contribution in [0, 0.1) is 11.6 Å². The van der Waals surface area contributed by atoms with Crippen LogP contribution in [-0.4, -0.2) is 19.4 Å². The SMILES string of the molecule is CC(C)(C)c1ccc(-c2ccn3c(n2)nc2cc(F)c(F)cc23)cn1. The maximum atomic E-state index is 13.5. The van der Waals surface area contributed by atoms with Crippen molar-refractivity contribution in [2.24, 2.45) is 0 Å². The first kappa shape index (κ1) is 15.6. The van der Waals surface area contributed by atoms with Gasteiger partial charge in [0.05, 0.1) is 16.7 Å². The fourth-order valence-electron chi connectivity index (χ4n) is 2.74. The number of nitrogens with zero attached hydrogens (tertiary/aromatic N) is 4. The van der Waals surface area contributed by atoms with Gasteiger partial charge in [-0.3, -0.25) is 9.38 Å². The van der Waals surface area contributed by atoms with Gasteiger partial charge in [-0.2, -0.15) is 0 Å². The topological polar surface area (TPSA) is 43.1 Å². The highest BCUT2D eigenvalue weighted by molar-refractivity contribution is 5.80. The van der Waals surface area contributed by atoms with Crippen molar-refractivity contribution in [1.82, 2.24) is 19.4 Å². The number of pyridine rings is 1. The molecule has 126 valence electrons. The molecule has 25 heavy (non-hydrogen) atoms. The van der Waals surface area contributed by atoms with Crippen LogP contribution in [0.3, 0.4) is 0 Å². The molecule has 6 heteroatoms. The highest BCUT2D eigenvalue weighted by atomic mass is 19.2. The highest BCUT2D eigenvalue weighted by Crippen LogP contribution is 2.25. The van der Waals surface area contributed by atoms with Crippen LogP contribution >= 0.6 is 0 Å². The molecule has 0 saturated heterocycles. The molecule has 0 atom stereocenters. The zero-order valence-electron chi connectivity index (χ0n) is 14.1. The van der Waals surface area contributed by atoms with Crippen molar-refractivity contribution < 1.29 is 8.78 Å². The maximum Gasteiger partial charge on any atom is 0.235 e. The number of hydrogen-bond acceptors (Lipinski definition) is 3. The molecule has 0 N–H and O–H groups in total. The van der Waals surface area contributed by atoms with Gasteiger partial charge < -0.3 is 0 Å². The van der Waals surface area contributed by atoms with E-state index >= 15 is 0 Å². The summed E-state index contributed by atoms with van der Waals surface area (Å²) in [5.74, 6) is -1.43. The van der Waals surface area contributed by atoms with Gasteiger partial charge in [-0.05, 0) is 18.2 Å². The Morgan fingerprint density at radius 3 is 2.40 bits per heavy atom. The number of fused-ring (bicyclic) bond motifs is 3. The second-order valence-electron chi connectivity index (χ2n) is 7.03. The van der Waals surface area contributed by atoms with Gasteiger partial charge in [-0.1, -0.05) is 20.8 Å². The Morgan fingerprint density at radius 1 is 0.960 bits per heavy atom. The second kappa shape index (κ2) is 5.31. The minimum atomic E-state index is -0.918. The third-order valence-electron chi connectivity index (χ3n) is 4.14. The van der Waals surface area contributed by atoms with Crippen LogP contribution in [0.4, 0.5) is 8.78 Å². The molecule has 0 bridgehead atoms. The number of aromatic nitrogens is 4. The minimum Gasteiger partial charge on any atom is -0.284 e. The van der Waals surface area contributed by atoms with Crippen LogP contribution in [0.25, 0.3) is 28.1 Å². The molecule has 3 aromatic heterocycles. The fourth-order valence-corrected chi connectivity index (χ4v) is 2.74. The van der Waals surface area contributed by atoms with E-state index in [9.17, 15) is 8.78 Å². The van der Waals surface area contributed by atoms with Crippen LogP contribution in [0.5, 0.6) is 0 Å². The molecule has 4 nitrogen and oxygen atoms in total. The van der Waals surface area contributed by atoms with Gasteiger partial charge in [0, 0.05) is 41.2 Å². The van der Waals surface area contributed by atoms with Gasteiger partial charge >= 0.3 is 0 Å². The van der Waals surface area contributed by atoms with Gasteiger partial charge in [0.1, 0.15) is 0 Å². The van der Waals surface area contributed by atoms with E-state index in [4.69, 9.17) is 0 Å². The Labute approximate surface area is 143 Å². The molecule has 4 aromatic rings. The number of rotatable bonds is 1. The molecule has 0 aliphatic carbocycles. The van der Waals surface area contributed by atoms with Crippen LogP contribution in [0.15, 0.2) is 42.7 Å². The third-order valence-corrected chi connectivity index (χ3v) is 4.14. The molecule has 0 aliphatic heterocycles. The monoisotopic (exact) mass is 338 g/mol. The van der Waals surface area contributed by atoms with E-state index in [2.05, 4.69) is 35.7 Å². The third kappa shape index (κ3) is 2.63. The molecule has 0 amide bonds. The lowest BCUT2D eigenvalue weighted by molar-refractivity contribution is 0.510. The first-order valence-electron chi connectivity index (χ1n) is 7.94. The Balaban J connectivity index is 1.82. The molecular weight excluding hydrogens is 322 g/mol. The summed E-state index contributed by atoms with van der Waals surface area (Å²) in [6.45, 7) is 6.31. The van der Waals surface area contributed by atoms with E-state index in [0.29, 0.717) is 22.5 Å². The van der Waals surface area contributed by atoms with Gasteiger partial charge in [0.15, 0.2) is 11.6 Å². The average molecular weight is 338 g/mol.